The van der Waals surface area contributed by atoms with Crippen LogP contribution in [0.4, 0.5) is 0 Å². The molecule has 0 N–H and O–H groups in total. The Labute approximate surface area is 82.3 Å². The molecule has 0 saturated carbocycles. The molecule has 1 aliphatic heterocycles. The van der Waals surface area contributed by atoms with Crippen molar-refractivity contribution >= 4 is 0 Å². The van der Waals surface area contributed by atoms with Gasteiger partial charge in [-0.3, -0.25) is 30.3 Å². The highest BCUT2D eigenvalue weighted by atomic mass is 16.7. The highest BCUT2D eigenvalue weighted by molar-refractivity contribution is 4.70. The summed E-state index contributed by atoms with van der Waals surface area (Å²) in [7, 11) is 0. The second-order valence-electron chi connectivity index (χ2n) is 3.04. The molecule has 0 amide bonds. The van der Waals surface area contributed by atoms with Gasteiger partial charge >= 0.3 is 5.79 Å². The molecule has 84 valence electrons. The molecule has 1 aliphatic rings. The molecule has 15 heavy (non-hydrogen) atoms. The smallest absolute Gasteiger partial charge is 0.373 e. The van der Waals surface area contributed by atoms with Gasteiger partial charge < -0.3 is 4.74 Å². The molecule has 0 aromatic rings. The molecule has 10 heteroatoms. The number of nitro groups is 3. The van der Waals surface area contributed by atoms with Crippen LogP contribution in [0.5, 0.6) is 0 Å². The molecule has 0 aromatic heterocycles. The van der Waals surface area contributed by atoms with Crippen LogP contribution in [0.25, 0.3) is 0 Å². The third kappa shape index (κ3) is 1.98. The average molecular weight is 221 g/mol. The molecule has 1 saturated heterocycles. The van der Waals surface area contributed by atoms with E-state index in [1.54, 1.807) is 0 Å². The summed E-state index contributed by atoms with van der Waals surface area (Å²) in [4.78, 5) is 26.8. The summed E-state index contributed by atoms with van der Waals surface area (Å²) >= 11 is 0. The van der Waals surface area contributed by atoms with Crippen LogP contribution in [0.2, 0.25) is 0 Å². The third-order valence-electron chi connectivity index (χ3n) is 2.08. The first-order valence-electron chi connectivity index (χ1n) is 3.96. The van der Waals surface area contributed by atoms with Gasteiger partial charge in [0.2, 0.25) is 0 Å². The van der Waals surface area contributed by atoms with Gasteiger partial charge in [0.1, 0.15) is 0 Å². The summed E-state index contributed by atoms with van der Waals surface area (Å²) < 4.78 is 4.68. The van der Waals surface area contributed by atoms with Crippen molar-refractivity contribution in [3.63, 3.8) is 0 Å². The average Bonchev–Trinajstić information content (AvgIpc) is 2.86. The van der Waals surface area contributed by atoms with Crippen molar-refractivity contribution in [1.29, 1.82) is 0 Å². The summed E-state index contributed by atoms with van der Waals surface area (Å²) in [6, 6.07) is 0. The lowest BCUT2D eigenvalue weighted by Gasteiger charge is -2.07. The van der Waals surface area contributed by atoms with Crippen molar-refractivity contribution in [3.8, 4) is 0 Å². The quantitative estimate of drug-likeness (QED) is 0.258. The van der Waals surface area contributed by atoms with E-state index in [9.17, 15) is 30.3 Å². The highest BCUT2D eigenvalue weighted by Gasteiger charge is 2.69. The van der Waals surface area contributed by atoms with Crippen molar-refractivity contribution in [3.05, 3.63) is 30.3 Å². The normalized spacial score (nSPS) is 19.6. The van der Waals surface area contributed by atoms with Crippen molar-refractivity contribution in [2.45, 2.75) is 24.7 Å². The largest absolute Gasteiger partial charge is 0.699 e. The van der Waals surface area contributed by atoms with E-state index < -0.39 is 27.0 Å². The summed E-state index contributed by atoms with van der Waals surface area (Å²) in [6.45, 7) is 0.337. The first-order chi connectivity index (χ1) is 6.91. The van der Waals surface area contributed by atoms with Gasteiger partial charge in [-0.25, -0.2) is 0 Å². The minimum Gasteiger partial charge on any atom is -0.373 e. The Morgan fingerprint density at radius 1 is 1.13 bits per heavy atom. The summed E-state index contributed by atoms with van der Waals surface area (Å²) in [5.41, 5.74) is 0. The Hall–Kier alpha value is -1.84. The predicted octanol–water partition coefficient (Wildman–Crippen LogP) is -0.351. The van der Waals surface area contributed by atoms with Crippen LogP contribution in [0.1, 0.15) is 12.8 Å². The van der Waals surface area contributed by atoms with Crippen LogP contribution >= 0.6 is 0 Å². The maximum Gasteiger partial charge on any atom is 0.699 e. The number of epoxide rings is 1. The van der Waals surface area contributed by atoms with E-state index in [4.69, 9.17) is 0 Å². The highest BCUT2D eigenvalue weighted by Crippen LogP contribution is 2.25. The van der Waals surface area contributed by atoms with Crippen molar-refractivity contribution in [2.75, 3.05) is 6.61 Å². The van der Waals surface area contributed by atoms with Gasteiger partial charge in [-0.05, 0) is 6.42 Å². The molecule has 1 heterocycles. The molecule has 10 nitrogen and oxygen atoms in total. The first kappa shape index (κ1) is 11.2. The van der Waals surface area contributed by atoms with Gasteiger partial charge in [0.25, 0.3) is 0 Å². The van der Waals surface area contributed by atoms with Gasteiger partial charge in [-0.2, -0.15) is 0 Å². The zero-order valence-electron chi connectivity index (χ0n) is 7.40. The van der Waals surface area contributed by atoms with E-state index in [2.05, 4.69) is 4.74 Å². The zero-order chi connectivity index (χ0) is 11.6. The van der Waals surface area contributed by atoms with Gasteiger partial charge in [-0.1, -0.05) is 0 Å². The summed E-state index contributed by atoms with van der Waals surface area (Å²) in [5, 5.41) is 31.3. The molecule has 1 atom stereocenters. The van der Waals surface area contributed by atoms with Gasteiger partial charge in [0.15, 0.2) is 21.2 Å². The Kier molecular flexibility index (Phi) is 2.79. The zero-order valence-corrected chi connectivity index (χ0v) is 7.40. The molecular formula is C5H7N3O7. The Morgan fingerprint density at radius 3 is 1.80 bits per heavy atom. The fourth-order valence-corrected chi connectivity index (χ4v) is 1.06. The van der Waals surface area contributed by atoms with E-state index in [1.165, 1.54) is 0 Å². The summed E-state index contributed by atoms with van der Waals surface area (Å²) in [5.74, 6) is -3.34. The standard InChI is InChI=1S/C5H7N3O7/c9-6(10)5(7(11)12,8(13)14)2-1-4-3-15-4/h4H,1-3H2. The lowest BCUT2D eigenvalue weighted by Crippen LogP contribution is -2.53. The Bertz CT molecular complexity index is 276. The first-order valence-corrected chi connectivity index (χ1v) is 3.96. The minimum atomic E-state index is -3.34. The predicted molar refractivity (Wildman–Crippen MR) is 42.7 cm³/mol. The van der Waals surface area contributed by atoms with Crippen LogP contribution < -0.4 is 0 Å². The number of ether oxygens (including phenoxy) is 1. The van der Waals surface area contributed by atoms with Crippen LogP contribution in [0, 0.1) is 30.3 Å². The molecule has 0 radical (unpaired) electrons. The molecule has 0 aliphatic carbocycles. The van der Waals surface area contributed by atoms with Gasteiger partial charge in [0.05, 0.1) is 12.7 Å². The number of hydrogen-bond donors (Lipinski definition) is 0. The van der Waals surface area contributed by atoms with E-state index in [0.717, 1.165) is 0 Å². The van der Waals surface area contributed by atoms with Crippen molar-refractivity contribution in [1.82, 2.24) is 0 Å². The van der Waals surface area contributed by atoms with Crippen LogP contribution in [-0.2, 0) is 4.74 Å². The van der Waals surface area contributed by atoms with E-state index in [-0.39, 0.29) is 12.5 Å². The number of nitrogens with zero attached hydrogens (tertiary/aromatic N) is 3. The lowest BCUT2D eigenvalue weighted by molar-refractivity contribution is -0.970. The van der Waals surface area contributed by atoms with Crippen molar-refractivity contribution in [2.24, 2.45) is 0 Å². The molecule has 0 spiro atoms. The summed E-state index contributed by atoms with van der Waals surface area (Å²) in [6.07, 6.45) is -1.17. The SMILES string of the molecule is O=[N+]([O-])C(CCC1CO1)([N+](=O)[O-])[N+](=O)[O-]. The second kappa shape index (κ2) is 3.73. The maximum atomic E-state index is 10.4. The maximum absolute atomic E-state index is 10.4. The second-order valence-corrected chi connectivity index (χ2v) is 3.04. The van der Waals surface area contributed by atoms with Crippen LogP contribution in [0.3, 0.4) is 0 Å². The van der Waals surface area contributed by atoms with E-state index in [0.29, 0.717) is 6.61 Å². The number of hydrogen-bond acceptors (Lipinski definition) is 7. The van der Waals surface area contributed by atoms with Crippen LogP contribution in [0.15, 0.2) is 0 Å². The monoisotopic (exact) mass is 221 g/mol. The molecule has 1 rings (SSSR count). The number of rotatable bonds is 6. The Balaban J connectivity index is 2.84. The fourth-order valence-electron chi connectivity index (χ4n) is 1.06. The fraction of sp³-hybridized carbons (Fsp3) is 1.00. The molecule has 0 bridgehead atoms. The molecule has 1 fully saturated rings. The van der Waals surface area contributed by atoms with E-state index >= 15 is 0 Å². The van der Waals surface area contributed by atoms with Crippen molar-refractivity contribution < 1.29 is 19.5 Å². The topological polar surface area (TPSA) is 142 Å². The van der Waals surface area contributed by atoms with Crippen LogP contribution in [-0.4, -0.2) is 33.3 Å². The van der Waals surface area contributed by atoms with E-state index in [1.807, 2.05) is 0 Å². The molecule has 1 unspecified atom stereocenters. The lowest BCUT2D eigenvalue weighted by atomic mass is 10.1. The van der Waals surface area contributed by atoms with Gasteiger partial charge in [-0.15, -0.1) is 0 Å². The molecular weight excluding hydrogens is 214 g/mol. The minimum absolute atomic E-state index is 0.0665. The molecule has 0 aromatic carbocycles. The van der Waals surface area contributed by atoms with Gasteiger partial charge in [0, 0.05) is 0 Å². The third-order valence-corrected chi connectivity index (χ3v) is 2.08. The Morgan fingerprint density at radius 2 is 1.53 bits per heavy atom.